The van der Waals surface area contributed by atoms with E-state index in [0.717, 1.165) is 24.2 Å². The Morgan fingerprint density at radius 3 is 2.57 bits per heavy atom. The second-order valence-corrected chi connectivity index (χ2v) is 4.73. The van der Waals surface area contributed by atoms with Gasteiger partial charge in [0.15, 0.2) is 0 Å². The van der Waals surface area contributed by atoms with Gasteiger partial charge >= 0.3 is 0 Å². The van der Waals surface area contributed by atoms with Gasteiger partial charge in [-0.15, -0.1) is 0 Å². The highest BCUT2D eigenvalue weighted by Gasteiger charge is 2.08. The minimum atomic E-state index is 0.0610. The molecule has 0 aliphatic carbocycles. The van der Waals surface area contributed by atoms with Gasteiger partial charge in [-0.25, -0.2) is 0 Å². The molecule has 1 aromatic rings. The molecule has 1 amide bonds. The number of amides is 1. The minimum Gasteiger partial charge on any atom is -0.395 e. The van der Waals surface area contributed by atoms with E-state index in [1.54, 1.807) is 0 Å². The zero-order valence-corrected chi connectivity index (χ0v) is 12.9. The van der Waals surface area contributed by atoms with Crippen molar-refractivity contribution in [2.24, 2.45) is 0 Å². The molecule has 0 radical (unpaired) electrons. The van der Waals surface area contributed by atoms with Crippen molar-refractivity contribution in [1.82, 2.24) is 10.2 Å². The van der Waals surface area contributed by atoms with Crippen molar-refractivity contribution in [3.05, 3.63) is 35.4 Å². The summed E-state index contributed by atoms with van der Waals surface area (Å²) in [6, 6.07) is 8.01. The Bertz CT molecular complexity index is 486. The first-order chi connectivity index (χ1) is 10.2. The Morgan fingerprint density at radius 1 is 1.29 bits per heavy atom. The highest BCUT2D eigenvalue weighted by atomic mass is 16.2. The van der Waals surface area contributed by atoms with Gasteiger partial charge in [-0.05, 0) is 31.2 Å². The summed E-state index contributed by atoms with van der Waals surface area (Å²) in [4.78, 5) is 13.7. The molecule has 21 heavy (non-hydrogen) atoms. The van der Waals surface area contributed by atoms with Crippen LogP contribution in [0.25, 0.3) is 0 Å². The fourth-order valence-corrected chi connectivity index (χ4v) is 1.91. The van der Waals surface area contributed by atoms with Gasteiger partial charge in [-0.1, -0.05) is 30.9 Å². The molecule has 0 atom stereocenters. The van der Waals surface area contributed by atoms with E-state index in [2.05, 4.69) is 22.1 Å². The van der Waals surface area contributed by atoms with Crippen LogP contribution in [-0.2, 0) is 11.3 Å². The summed E-state index contributed by atoms with van der Waals surface area (Å²) in [6.07, 6.45) is 0.498. The summed E-state index contributed by atoms with van der Waals surface area (Å²) in [7, 11) is 0. The number of nitrogens with zero attached hydrogens (tertiary/aromatic N) is 1. The molecule has 0 aliphatic rings. The number of carbonyl (C=O) groups excluding carboxylic acids is 1. The van der Waals surface area contributed by atoms with Crippen LogP contribution in [-0.4, -0.2) is 42.2 Å². The second-order valence-electron chi connectivity index (χ2n) is 4.73. The number of carbonyl (C=O) groups is 1. The van der Waals surface area contributed by atoms with Crippen LogP contribution in [0, 0.1) is 11.8 Å². The van der Waals surface area contributed by atoms with E-state index in [1.165, 1.54) is 0 Å². The lowest BCUT2D eigenvalue weighted by molar-refractivity contribution is -0.122. The van der Waals surface area contributed by atoms with Crippen LogP contribution in [0.1, 0.15) is 31.4 Å². The van der Waals surface area contributed by atoms with Gasteiger partial charge < -0.3 is 10.4 Å². The van der Waals surface area contributed by atoms with Crippen LogP contribution < -0.4 is 5.32 Å². The van der Waals surface area contributed by atoms with E-state index in [-0.39, 0.29) is 12.5 Å². The monoisotopic (exact) mass is 288 g/mol. The zero-order valence-electron chi connectivity index (χ0n) is 12.9. The molecule has 0 heterocycles. The smallest absolute Gasteiger partial charge is 0.234 e. The molecule has 0 aromatic heterocycles. The van der Waals surface area contributed by atoms with Crippen LogP contribution in [0.15, 0.2) is 24.3 Å². The molecule has 0 saturated carbocycles. The Labute approximate surface area is 127 Å². The van der Waals surface area contributed by atoms with E-state index < -0.39 is 0 Å². The first-order valence-electron chi connectivity index (χ1n) is 7.37. The predicted molar refractivity (Wildman–Crippen MR) is 84.7 cm³/mol. The molecule has 1 aromatic carbocycles. The lowest BCUT2D eigenvalue weighted by atomic mass is 10.1. The maximum atomic E-state index is 11.6. The van der Waals surface area contributed by atoms with Crippen molar-refractivity contribution in [3.63, 3.8) is 0 Å². The second kappa shape index (κ2) is 9.98. The van der Waals surface area contributed by atoms with E-state index in [1.807, 2.05) is 38.1 Å². The third-order valence-electron chi connectivity index (χ3n) is 3.02. The van der Waals surface area contributed by atoms with Crippen molar-refractivity contribution < 1.29 is 9.90 Å². The normalized spacial score (nSPS) is 10.1. The summed E-state index contributed by atoms with van der Waals surface area (Å²) in [5.74, 6) is 5.96. The SMILES string of the molecule is CCNC(=O)CN(CC)Cc1ccc(C#CCCO)cc1. The van der Waals surface area contributed by atoms with E-state index in [0.29, 0.717) is 19.5 Å². The molecule has 0 bridgehead atoms. The lowest BCUT2D eigenvalue weighted by Gasteiger charge is -2.19. The van der Waals surface area contributed by atoms with Gasteiger partial charge in [0.25, 0.3) is 0 Å². The number of nitrogens with one attached hydrogen (secondary N) is 1. The number of hydrogen-bond acceptors (Lipinski definition) is 3. The van der Waals surface area contributed by atoms with E-state index in [9.17, 15) is 4.79 Å². The fourth-order valence-electron chi connectivity index (χ4n) is 1.91. The minimum absolute atomic E-state index is 0.0610. The Hall–Kier alpha value is -1.83. The summed E-state index contributed by atoms with van der Waals surface area (Å²) < 4.78 is 0. The van der Waals surface area contributed by atoms with Crippen molar-refractivity contribution in [3.8, 4) is 11.8 Å². The average molecular weight is 288 g/mol. The molecule has 1 rings (SSSR count). The van der Waals surface area contributed by atoms with Crippen molar-refractivity contribution in [2.45, 2.75) is 26.8 Å². The molecular formula is C17H24N2O2. The number of rotatable bonds is 7. The summed E-state index contributed by atoms with van der Waals surface area (Å²) in [5, 5.41) is 11.5. The molecule has 2 N–H and O–H groups in total. The van der Waals surface area contributed by atoms with E-state index >= 15 is 0 Å². The van der Waals surface area contributed by atoms with Crippen molar-refractivity contribution in [1.29, 1.82) is 0 Å². The fraction of sp³-hybridized carbons (Fsp3) is 0.471. The molecule has 0 fully saturated rings. The van der Waals surface area contributed by atoms with E-state index in [4.69, 9.17) is 5.11 Å². The predicted octanol–water partition coefficient (Wildman–Crippen LogP) is 1.38. The topological polar surface area (TPSA) is 52.6 Å². The number of hydrogen-bond donors (Lipinski definition) is 2. The van der Waals surface area contributed by atoms with Crippen molar-refractivity contribution >= 4 is 5.91 Å². The molecule has 0 unspecified atom stereocenters. The maximum absolute atomic E-state index is 11.6. The third-order valence-corrected chi connectivity index (χ3v) is 3.02. The summed E-state index contributed by atoms with van der Waals surface area (Å²) in [6.45, 7) is 6.72. The Morgan fingerprint density at radius 2 is 2.00 bits per heavy atom. The van der Waals surface area contributed by atoms with Gasteiger partial charge in [0.1, 0.15) is 0 Å². The van der Waals surface area contributed by atoms with Crippen LogP contribution in [0.4, 0.5) is 0 Å². The lowest BCUT2D eigenvalue weighted by Crippen LogP contribution is -2.36. The van der Waals surface area contributed by atoms with Crippen LogP contribution in [0.2, 0.25) is 0 Å². The Balaban J connectivity index is 2.57. The number of benzene rings is 1. The molecule has 114 valence electrons. The molecule has 0 aliphatic heterocycles. The average Bonchev–Trinajstić information content (AvgIpc) is 2.49. The van der Waals surface area contributed by atoms with Gasteiger partial charge in [0.05, 0.1) is 13.2 Å². The largest absolute Gasteiger partial charge is 0.395 e. The van der Waals surface area contributed by atoms with Gasteiger partial charge in [0, 0.05) is 25.1 Å². The highest BCUT2D eigenvalue weighted by molar-refractivity contribution is 5.77. The first kappa shape index (κ1) is 17.2. The summed E-state index contributed by atoms with van der Waals surface area (Å²) in [5.41, 5.74) is 2.10. The Kier molecular flexibility index (Phi) is 8.18. The van der Waals surface area contributed by atoms with Crippen molar-refractivity contribution in [2.75, 3.05) is 26.2 Å². The summed E-state index contributed by atoms with van der Waals surface area (Å²) >= 11 is 0. The highest BCUT2D eigenvalue weighted by Crippen LogP contribution is 2.07. The first-order valence-corrected chi connectivity index (χ1v) is 7.37. The third kappa shape index (κ3) is 6.94. The molecule has 4 heteroatoms. The zero-order chi connectivity index (χ0) is 15.5. The van der Waals surface area contributed by atoms with Gasteiger partial charge in [-0.3, -0.25) is 9.69 Å². The number of aliphatic hydroxyl groups is 1. The molecule has 4 nitrogen and oxygen atoms in total. The number of likely N-dealkylation sites (N-methyl/N-ethyl adjacent to an activating group) is 2. The quantitative estimate of drug-likeness (QED) is 0.745. The number of aliphatic hydroxyl groups excluding tert-OH is 1. The van der Waals surface area contributed by atoms with Crippen LogP contribution in [0.3, 0.4) is 0 Å². The van der Waals surface area contributed by atoms with Gasteiger partial charge in [0.2, 0.25) is 5.91 Å². The van der Waals surface area contributed by atoms with Crippen LogP contribution >= 0.6 is 0 Å². The van der Waals surface area contributed by atoms with Crippen LogP contribution in [0.5, 0.6) is 0 Å². The molecule has 0 saturated heterocycles. The molecular weight excluding hydrogens is 264 g/mol. The van der Waals surface area contributed by atoms with Gasteiger partial charge in [-0.2, -0.15) is 0 Å². The molecule has 0 spiro atoms. The maximum Gasteiger partial charge on any atom is 0.234 e. The standard InChI is InChI=1S/C17H24N2O2/c1-3-18-17(21)14-19(4-2)13-16-10-8-15(9-11-16)7-5-6-12-20/h8-11,20H,3-4,6,12-14H2,1-2H3,(H,18,21).